The summed E-state index contributed by atoms with van der Waals surface area (Å²) in [6.07, 6.45) is 1.63. The molecular formula is C19H15N7O3. The first-order chi connectivity index (χ1) is 14.1. The summed E-state index contributed by atoms with van der Waals surface area (Å²) >= 11 is 0. The van der Waals surface area contributed by atoms with E-state index in [1.54, 1.807) is 25.3 Å². The lowest BCUT2D eigenvalue weighted by Gasteiger charge is -1.97. The number of nitrogens with zero attached hydrogens (tertiary/aromatic N) is 7. The first-order valence-corrected chi connectivity index (χ1v) is 8.87. The number of rotatable bonds is 4. The molecule has 10 heteroatoms. The summed E-state index contributed by atoms with van der Waals surface area (Å²) in [6.45, 7) is 3.75. The summed E-state index contributed by atoms with van der Waals surface area (Å²) in [4.78, 5) is 21.4. The fourth-order valence-electron chi connectivity index (χ4n) is 3.09. The average Bonchev–Trinajstić information content (AvgIpc) is 3.43. The molecular weight excluding hydrogens is 374 g/mol. The maximum absolute atomic E-state index is 12.8. The summed E-state index contributed by atoms with van der Waals surface area (Å²) in [7, 11) is 0. The van der Waals surface area contributed by atoms with E-state index in [-0.39, 0.29) is 12.2 Å². The van der Waals surface area contributed by atoms with Crippen molar-refractivity contribution in [2.75, 3.05) is 0 Å². The summed E-state index contributed by atoms with van der Waals surface area (Å²) in [5.74, 6) is 1.55. The summed E-state index contributed by atoms with van der Waals surface area (Å²) in [5, 5.41) is 12.2. The number of aromatic nitrogens is 7. The molecule has 0 bridgehead atoms. The third-order valence-corrected chi connectivity index (χ3v) is 4.50. The van der Waals surface area contributed by atoms with Crippen LogP contribution in [0, 0.1) is 13.8 Å². The van der Waals surface area contributed by atoms with E-state index in [1.165, 1.54) is 9.08 Å². The van der Waals surface area contributed by atoms with Gasteiger partial charge in [0.05, 0.1) is 5.56 Å². The first kappa shape index (κ1) is 17.0. The third kappa shape index (κ3) is 2.90. The normalized spacial score (nSPS) is 11.4. The lowest BCUT2D eigenvalue weighted by molar-refractivity contribution is 0.418. The molecule has 1 aromatic carbocycles. The van der Waals surface area contributed by atoms with Gasteiger partial charge in [-0.25, -0.2) is 13.9 Å². The minimum atomic E-state index is -0.333. The minimum absolute atomic E-state index is 0.0677. The van der Waals surface area contributed by atoms with Gasteiger partial charge in [-0.05, 0) is 37.6 Å². The Balaban J connectivity index is 1.53. The zero-order chi connectivity index (χ0) is 20.0. The van der Waals surface area contributed by atoms with Crippen LogP contribution in [0.1, 0.15) is 17.2 Å². The van der Waals surface area contributed by atoms with Gasteiger partial charge in [0.2, 0.25) is 0 Å². The van der Waals surface area contributed by atoms with E-state index in [4.69, 9.17) is 9.05 Å². The fraction of sp³-hybridized carbons (Fsp3) is 0.158. The largest absolute Gasteiger partial charge is 0.350 e. The van der Waals surface area contributed by atoms with Crippen molar-refractivity contribution in [2.45, 2.75) is 20.4 Å². The average molecular weight is 389 g/mol. The second-order valence-corrected chi connectivity index (χ2v) is 6.53. The van der Waals surface area contributed by atoms with E-state index in [2.05, 4.69) is 25.4 Å². The topological polar surface area (TPSA) is 117 Å². The van der Waals surface area contributed by atoms with E-state index < -0.39 is 0 Å². The molecule has 10 nitrogen and oxygen atoms in total. The van der Waals surface area contributed by atoms with E-state index in [0.717, 1.165) is 11.1 Å². The molecule has 0 aliphatic rings. The molecule has 5 rings (SSSR count). The lowest BCUT2D eigenvalue weighted by Crippen LogP contribution is -2.22. The third-order valence-electron chi connectivity index (χ3n) is 4.50. The Morgan fingerprint density at radius 1 is 0.931 bits per heavy atom. The molecule has 0 radical (unpaired) electrons. The van der Waals surface area contributed by atoms with Crippen molar-refractivity contribution in [3.63, 3.8) is 0 Å². The van der Waals surface area contributed by atoms with Gasteiger partial charge in [0.1, 0.15) is 6.54 Å². The van der Waals surface area contributed by atoms with Gasteiger partial charge in [-0.1, -0.05) is 28.5 Å². The molecule has 0 amide bonds. The Labute approximate surface area is 163 Å². The number of aryl methyl sites for hydroxylation is 2. The van der Waals surface area contributed by atoms with E-state index in [1.807, 2.05) is 31.2 Å². The standard InChI is InChI=1S/C19H15N7O3/c1-11-6-3-4-7-13(11)17-21-15(24-29-17)10-26-19(27)25-9-5-8-14(16(25)22-26)18-20-12(2)23-28-18/h3-9H,10H2,1-2H3. The first-order valence-electron chi connectivity index (χ1n) is 8.87. The Morgan fingerprint density at radius 3 is 2.48 bits per heavy atom. The van der Waals surface area contributed by atoms with Crippen LogP contribution >= 0.6 is 0 Å². The van der Waals surface area contributed by atoms with Gasteiger partial charge in [-0.15, -0.1) is 5.10 Å². The van der Waals surface area contributed by atoms with Crippen LogP contribution < -0.4 is 5.69 Å². The van der Waals surface area contributed by atoms with Crippen molar-refractivity contribution in [1.29, 1.82) is 0 Å². The predicted molar refractivity (Wildman–Crippen MR) is 101 cm³/mol. The SMILES string of the molecule is Cc1noc(-c2cccn3c(=O)n(Cc4noc(-c5ccccc5C)n4)nc23)n1. The van der Waals surface area contributed by atoms with E-state index in [9.17, 15) is 4.79 Å². The molecule has 0 N–H and O–H groups in total. The van der Waals surface area contributed by atoms with Crippen LogP contribution in [0.4, 0.5) is 0 Å². The monoisotopic (exact) mass is 389 g/mol. The lowest BCUT2D eigenvalue weighted by atomic mass is 10.1. The van der Waals surface area contributed by atoms with Crippen LogP contribution in [0.3, 0.4) is 0 Å². The maximum Gasteiger partial charge on any atom is 0.350 e. The summed E-state index contributed by atoms with van der Waals surface area (Å²) in [6, 6.07) is 11.2. The Hall–Kier alpha value is -4.08. The van der Waals surface area contributed by atoms with Gasteiger partial charge in [0.15, 0.2) is 17.3 Å². The molecule has 0 saturated heterocycles. The van der Waals surface area contributed by atoms with E-state index in [0.29, 0.717) is 34.6 Å². The van der Waals surface area contributed by atoms with Crippen LogP contribution in [-0.4, -0.2) is 34.5 Å². The highest BCUT2D eigenvalue weighted by atomic mass is 16.5. The van der Waals surface area contributed by atoms with Crippen molar-refractivity contribution < 1.29 is 9.05 Å². The van der Waals surface area contributed by atoms with Crippen LogP contribution in [0.25, 0.3) is 28.6 Å². The Kier molecular flexibility index (Phi) is 3.83. The Bertz CT molecular complexity index is 1390. The molecule has 0 aliphatic heterocycles. The highest BCUT2D eigenvalue weighted by molar-refractivity contribution is 5.71. The van der Waals surface area contributed by atoms with Gasteiger partial charge >= 0.3 is 5.69 Å². The maximum atomic E-state index is 12.8. The highest BCUT2D eigenvalue weighted by Gasteiger charge is 2.18. The van der Waals surface area contributed by atoms with Crippen molar-refractivity contribution >= 4 is 5.65 Å². The molecule has 0 spiro atoms. The molecule has 0 atom stereocenters. The Morgan fingerprint density at radius 2 is 1.69 bits per heavy atom. The molecule has 144 valence electrons. The van der Waals surface area contributed by atoms with Gasteiger partial charge in [0, 0.05) is 11.8 Å². The second kappa shape index (κ2) is 6.51. The number of hydrogen-bond acceptors (Lipinski definition) is 8. The zero-order valence-corrected chi connectivity index (χ0v) is 15.6. The summed E-state index contributed by atoms with van der Waals surface area (Å²) in [5.41, 5.74) is 2.51. The van der Waals surface area contributed by atoms with Gasteiger partial charge in [-0.3, -0.25) is 0 Å². The molecule has 0 fully saturated rings. The van der Waals surface area contributed by atoms with Crippen molar-refractivity contribution in [2.24, 2.45) is 0 Å². The molecule has 4 aromatic heterocycles. The zero-order valence-electron chi connectivity index (χ0n) is 15.6. The van der Waals surface area contributed by atoms with Gasteiger partial charge in [-0.2, -0.15) is 9.97 Å². The molecule has 0 aliphatic carbocycles. The van der Waals surface area contributed by atoms with Crippen molar-refractivity contribution in [1.82, 2.24) is 34.5 Å². The molecule has 0 saturated carbocycles. The molecule has 4 heterocycles. The quantitative estimate of drug-likeness (QED) is 0.459. The molecule has 0 unspecified atom stereocenters. The van der Waals surface area contributed by atoms with Crippen molar-refractivity contribution in [3.8, 4) is 22.9 Å². The minimum Gasteiger partial charge on any atom is -0.334 e. The smallest absolute Gasteiger partial charge is 0.334 e. The van der Waals surface area contributed by atoms with Crippen LogP contribution in [-0.2, 0) is 6.54 Å². The molecule has 29 heavy (non-hydrogen) atoms. The van der Waals surface area contributed by atoms with Gasteiger partial charge < -0.3 is 9.05 Å². The second-order valence-electron chi connectivity index (χ2n) is 6.53. The van der Waals surface area contributed by atoms with Crippen molar-refractivity contribution in [3.05, 3.63) is 70.3 Å². The fourth-order valence-corrected chi connectivity index (χ4v) is 3.09. The molecule has 5 aromatic rings. The van der Waals surface area contributed by atoms with E-state index >= 15 is 0 Å². The summed E-state index contributed by atoms with van der Waals surface area (Å²) < 4.78 is 13.3. The predicted octanol–water partition coefficient (Wildman–Crippen LogP) is 2.26. The van der Waals surface area contributed by atoms with Crippen LogP contribution in [0.2, 0.25) is 0 Å². The van der Waals surface area contributed by atoms with Crippen LogP contribution in [0.5, 0.6) is 0 Å². The highest BCUT2D eigenvalue weighted by Crippen LogP contribution is 2.22. The number of benzene rings is 1. The number of pyridine rings is 1. The number of hydrogen-bond donors (Lipinski definition) is 0. The number of fused-ring (bicyclic) bond motifs is 1. The van der Waals surface area contributed by atoms with Crippen LogP contribution in [0.15, 0.2) is 56.4 Å². The van der Waals surface area contributed by atoms with Gasteiger partial charge in [0.25, 0.3) is 11.8 Å².